The molecule has 0 amide bonds. The highest BCUT2D eigenvalue weighted by Crippen LogP contribution is 2.20. The summed E-state index contributed by atoms with van der Waals surface area (Å²) < 4.78 is 19.2. The highest BCUT2D eigenvalue weighted by Gasteiger charge is 2.24. The molecular formula is C15H22FNO2. The Bertz CT molecular complexity index is 403. The molecule has 3 unspecified atom stereocenters. The van der Waals surface area contributed by atoms with Crippen LogP contribution in [0.3, 0.4) is 0 Å². The maximum absolute atomic E-state index is 13.5. The van der Waals surface area contributed by atoms with E-state index in [2.05, 4.69) is 19.2 Å². The van der Waals surface area contributed by atoms with Crippen molar-refractivity contribution in [1.29, 1.82) is 0 Å². The van der Waals surface area contributed by atoms with Gasteiger partial charge in [-0.25, -0.2) is 4.39 Å². The van der Waals surface area contributed by atoms with E-state index >= 15 is 0 Å². The highest BCUT2D eigenvalue weighted by molar-refractivity contribution is 5.20. The third kappa shape index (κ3) is 4.00. The van der Waals surface area contributed by atoms with E-state index in [1.54, 1.807) is 18.2 Å². The highest BCUT2D eigenvalue weighted by atomic mass is 19.1. The van der Waals surface area contributed by atoms with Crippen LogP contribution in [0.1, 0.15) is 38.4 Å². The summed E-state index contributed by atoms with van der Waals surface area (Å²) in [6.45, 7) is 4.47. The lowest BCUT2D eigenvalue weighted by Gasteiger charge is -2.33. The zero-order valence-electron chi connectivity index (χ0n) is 11.5. The van der Waals surface area contributed by atoms with Crippen molar-refractivity contribution < 1.29 is 14.2 Å². The molecule has 0 radical (unpaired) electrons. The normalized spacial score (nSPS) is 29.2. The first-order valence-electron chi connectivity index (χ1n) is 6.87. The van der Waals surface area contributed by atoms with E-state index in [1.165, 1.54) is 6.07 Å². The minimum Gasteiger partial charge on any atom is -0.387 e. The molecular weight excluding hydrogens is 245 g/mol. The minimum absolute atomic E-state index is 0.229. The third-order valence-electron chi connectivity index (χ3n) is 3.56. The van der Waals surface area contributed by atoms with Crippen molar-refractivity contribution in [2.24, 2.45) is 0 Å². The lowest BCUT2D eigenvalue weighted by molar-refractivity contribution is -0.0433. The molecule has 1 aromatic rings. The van der Waals surface area contributed by atoms with Gasteiger partial charge in [-0.1, -0.05) is 18.2 Å². The van der Waals surface area contributed by atoms with Crippen LogP contribution < -0.4 is 5.32 Å². The van der Waals surface area contributed by atoms with Gasteiger partial charge >= 0.3 is 0 Å². The molecule has 4 heteroatoms. The molecule has 19 heavy (non-hydrogen) atoms. The summed E-state index contributed by atoms with van der Waals surface area (Å²) in [5.74, 6) is -0.356. The number of ether oxygens (including phenoxy) is 1. The Kier molecular flexibility index (Phi) is 4.91. The molecule has 2 rings (SSSR count). The molecule has 1 aliphatic heterocycles. The Morgan fingerprint density at radius 1 is 1.32 bits per heavy atom. The van der Waals surface area contributed by atoms with Crippen molar-refractivity contribution in [3.63, 3.8) is 0 Å². The largest absolute Gasteiger partial charge is 0.387 e. The number of hydrogen-bond donors (Lipinski definition) is 2. The van der Waals surface area contributed by atoms with Gasteiger partial charge in [0.1, 0.15) is 5.82 Å². The van der Waals surface area contributed by atoms with Crippen LogP contribution in [0.2, 0.25) is 0 Å². The summed E-state index contributed by atoms with van der Waals surface area (Å²) >= 11 is 0. The molecule has 0 saturated carbocycles. The van der Waals surface area contributed by atoms with Crippen molar-refractivity contribution in [3.05, 3.63) is 35.6 Å². The maximum atomic E-state index is 13.5. The van der Waals surface area contributed by atoms with E-state index < -0.39 is 6.10 Å². The fourth-order valence-corrected chi connectivity index (χ4v) is 2.71. The third-order valence-corrected chi connectivity index (χ3v) is 3.56. The van der Waals surface area contributed by atoms with Crippen molar-refractivity contribution in [2.75, 3.05) is 6.54 Å². The van der Waals surface area contributed by atoms with Crippen LogP contribution >= 0.6 is 0 Å². The molecule has 1 aromatic carbocycles. The van der Waals surface area contributed by atoms with Crippen molar-refractivity contribution >= 4 is 0 Å². The SMILES string of the molecule is CC1CC(NCC(O)c2ccccc2F)CC(C)O1. The summed E-state index contributed by atoms with van der Waals surface area (Å²) in [7, 11) is 0. The number of benzene rings is 1. The number of rotatable bonds is 4. The first-order chi connectivity index (χ1) is 9.06. The van der Waals surface area contributed by atoms with E-state index in [0.717, 1.165) is 12.8 Å². The average molecular weight is 267 g/mol. The van der Waals surface area contributed by atoms with Gasteiger partial charge in [0.15, 0.2) is 0 Å². The van der Waals surface area contributed by atoms with Gasteiger partial charge in [-0.3, -0.25) is 0 Å². The van der Waals surface area contributed by atoms with E-state index in [4.69, 9.17) is 4.74 Å². The number of aliphatic hydroxyl groups is 1. The van der Waals surface area contributed by atoms with E-state index in [-0.39, 0.29) is 18.0 Å². The number of aliphatic hydroxyl groups excluding tert-OH is 1. The summed E-state index contributed by atoms with van der Waals surface area (Å²) in [6.07, 6.45) is 1.50. The fraction of sp³-hybridized carbons (Fsp3) is 0.600. The van der Waals surface area contributed by atoms with Crippen molar-refractivity contribution in [2.45, 2.75) is 51.0 Å². The van der Waals surface area contributed by atoms with Gasteiger partial charge in [0, 0.05) is 18.2 Å². The zero-order chi connectivity index (χ0) is 13.8. The van der Waals surface area contributed by atoms with Gasteiger partial charge < -0.3 is 15.2 Å². The Balaban J connectivity index is 1.87. The molecule has 1 aliphatic rings. The van der Waals surface area contributed by atoms with Crippen LogP contribution in [0.25, 0.3) is 0 Å². The Labute approximate surface area is 113 Å². The van der Waals surface area contributed by atoms with E-state index in [1.807, 2.05) is 0 Å². The van der Waals surface area contributed by atoms with Crippen LogP contribution in [0, 0.1) is 5.82 Å². The molecule has 106 valence electrons. The molecule has 0 bridgehead atoms. The number of hydrogen-bond acceptors (Lipinski definition) is 3. The monoisotopic (exact) mass is 267 g/mol. The predicted octanol–water partition coefficient (Wildman–Crippen LogP) is 2.40. The zero-order valence-corrected chi connectivity index (χ0v) is 11.5. The van der Waals surface area contributed by atoms with Crippen molar-refractivity contribution in [3.8, 4) is 0 Å². The first kappa shape index (κ1) is 14.4. The van der Waals surface area contributed by atoms with Gasteiger partial charge in [-0.15, -0.1) is 0 Å². The van der Waals surface area contributed by atoms with Crippen molar-refractivity contribution in [1.82, 2.24) is 5.32 Å². The second kappa shape index (κ2) is 6.46. The summed E-state index contributed by atoms with van der Waals surface area (Å²) in [5.41, 5.74) is 0.350. The lowest BCUT2D eigenvalue weighted by atomic mass is 9.99. The molecule has 0 aliphatic carbocycles. The topological polar surface area (TPSA) is 41.5 Å². The molecule has 0 aromatic heterocycles. The molecule has 1 fully saturated rings. The quantitative estimate of drug-likeness (QED) is 0.880. The molecule has 3 nitrogen and oxygen atoms in total. The number of halogens is 1. The van der Waals surface area contributed by atoms with E-state index in [0.29, 0.717) is 18.2 Å². The van der Waals surface area contributed by atoms with Crippen LogP contribution in [0.4, 0.5) is 4.39 Å². The second-order valence-corrected chi connectivity index (χ2v) is 5.37. The van der Waals surface area contributed by atoms with Gasteiger partial charge in [-0.05, 0) is 32.8 Å². The van der Waals surface area contributed by atoms with Gasteiger partial charge in [0.2, 0.25) is 0 Å². The smallest absolute Gasteiger partial charge is 0.129 e. The van der Waals surface area contributed by atoms with Gasteiger partial charge in [0.05, 0.1) is 18.3 Å². The maximum Gasteiger partial charge on any atom is 0.129 e. The predicted molar refractivity (Wildman–Crippen MR) is 72.4 cm³/mol. The van der Waals surface area contributed by atoms with Crippen LogP contribution in [0.5, 0.6) is 0 Å². The summed E-state index contributed by atoms with van der Waals surface area (Å²) in [4.78, 5) is 0. The van der Waals surface area contributed by atoms with E-state index in [9.17, 15) is 9.50 Å². The van der Waals surface area contributed by atoms with Gasteiger partial charge in [-0.2, -0.15) is 0 Å². The minimum atomic E-state index is -0.811. The first-order valence-corrected chi connectivity index (χ1v) is 6.87. The summed E-state index contributed by atoms with van der Waals surface area (Å²) in [6, 6.07) is 6.68. The Morgan fingerprint density at radius 3 is 2.58 bits per heavy atom. The van der Waals surface area contributed by atoms with Crippen LogP contribution in [-0.2, 0) is 4.74 Å². The van der Waals surface area contributed by atoms with Crippen LogP contribution in [0.15, 0.2) is 24.3 Å². The molecule has 1 saturated heterocycles. The number of nitrogens with one attached hydrogen (secondary N) is 1. The fourth-order valence-electron chi connectivity index (χ4n) is 2.71. The second-order valence-electron chi connectivity index (χ2n) is 5.37. The molecule has 2 N–H and O–H groups in total. The standard InChI is InChI=1S/C15H22FNO2/c1-10-7-12(8-11(2)19-10)17-9-15(18)13-5-3-4-6-14(13)16/h3-6,10-12,15,17-18H,7-9H2,1-2H3. The molecule has 0 spiro atoms. The Morgan fingerprint density at radius 2 is 1.95 bits per heavy atom. The lowest BCUT2D eigenvalue weighted by Crippen LogP contribution is -2.42. The van der Waals surface area contributed by atoms with Gasteiger partial charge in [0.25, 0.3) is 0 Å². The average Bonchev–Trinajstić information content (AvgIpc) is 2.35. The molecule has 1 heterocycles. The van der Waals surface area contributed by atoms with Crippen LogP contribution in [-0.4, -0.2) is 29.9 Å². The summed E-state index contributed by atoms with van der Waals surface area (Å²) in [5, 5.41) is 13.3. The Hall–Kier alpha value is -0.970. The molecule has 3 atom stereocenters.